The van der Waals surface area contributed by atoms with Crippen LogP contribution in [0.4, 0.5) is 0 Å². The van der Waals surface area contributed by atoms with E-state index in [1.54, 1.807) is 0 Å². The summed E-state index contributed by atoms with van der Waals surface area (Å²) in [5.74, 6) is 1.41. The van der Waals surface area contributed by atoms with Gasteiger partial charge in [-0.15, -0.1) is 0 Å². The summed E-state index contributed by atoms with van der Waals surface area (Å²) in [6.45, 7) is 5.63. The van der Waals surface area contributed by atoms with Crippen LogP contribution in [0, 0.1) is 0 Å². The monoisotopic (exact) mass is 219 g/mol. The quantitative estimate of drug-likeness (QED) is 0.810. The van der Waals surface area contributed by atoms with Gasteiger partial charge in [0.15, 0.2) is 0 Å². The first-order valence-corrected chi connectivity index (χ1v) is 6.05. The Labute approximate surface area is 95.4 Å². The molecule has 3 rings (SSSR count). The van der Waals surface area contributed by atoms with Crippen molar-refractivity contribution in [2.24, 2.45) is 0 Å². The highest BCUT2D eigenvalue weighted by Gasteiger charge is 2.24. The van der Waals surface area contributed by atoms with Gasteiger partial charge in [-0.3, -0.25) is 0 Å². The topological polar surface area (TPSA) is 47.0 Å². The highest BCUT2D eigenvalue weighted by Crippen LogP contribution is 2.25. The first-order chi connectivity index (χ1) is 7.88. The van der Waals surface area contributed by atoms with Gasteiger partial charge < -0.3 is 10.1 Å². The van der Waals surface area contributed by atoms with Crippen molar-refractivity contribution in [2.75, 3.05) is 13.2 Å². The maximum absolute atomic E-state index is 5.41. The van der Waals surface area contributed by atoms with Crippen LogP contribution in [0.5, 0.6) is 0 Å². The van der Waals surface area contributed by atoms with E-state index in [2.05, 4.69) is 12.2 Å². The number of aryl methyl sites for hydroxylation is 1. The average Bonchev–Trinajstić information content (AvgIpc) is 2.97. The van der Waals surface area contributed by atoms with E-state index in [0.717, 1.165) is 45.0 Å². The van der Waals surface area contributed by atoms with Gasteiger partial charge in [-0.1, -0.05) is 6.92 Å². The van der Waals surface area contributed by atoms with E-state index in [0.29, 0.717) is 5.92 Å². The number of hydrogen-bond acceptors (Lipinski definition) is 4. The van der Waals surface area contributed by atoms with Crippen LogP contribution in [-0.4, -0.2) is 23.2 Å². The summed E-state index contributed by atoms with van der Waals surface area (Å²) in [6, 6.07) is 0. The zero-order chi connectivity index (χ0) is 11.0. The Morgan fingerprint density at radius 2 is 2.31 bits per heavy atom. The third kappa shape index (κ3) is 1.62. The van der Waals surface area contributed by atoms with Gasteiger partial charge in [-0.05, 0) is 12.8 Å². The summed E-state index contributed by atoms with van der Waals surface area (Å²) in [4.78, 5) is 9.40. The Kier molecular flexibility index (Phi) is 2.61. The predicted octanol–water partition coefficient (Wildman–Crippen LogP) is 1.15. The lowest BCUT2D eigenvalue weighted by Crippen LogP contribution is -2.10. The minimum absolute atomic E-state index is 0.413. The molecule has 0 radical (unpaired) electrons. The molecule has 16 heavy (non-hydrogen) atoms. The molecule has 4 heteroatoms. The lowest BCUT2D eigenvalue weighted by molar-refractivity contribution is 0.193. The first-order valence-electron chi connectivity index (χ1n) is 6.05. The van der Waals surface area contributed by atoms with Crippen LogP contribution in [-0.2, 0) is 24.2 Å². The van der Waals surface area contributed by atoms with Crippen molar-refractivity contribution in [3.8, 4) is 0 Å². The molecule has 1 aromatic heterocycles. The maximum Gasteiger partial charge on any atom is 0.134 e. The Morgan fingerprint density at radius 3 is 3.06 bits per heavy atom. The summed E-state index contributed by atoms with van der Waals surface area (Å²) in [5.41, 5.74) is 3.75. The fourth-order valence-electron chi connectivity index (χ4n) is 2.47. The number of rotatable bonds is 2. The van der Waals surface area contributed by atoms with Crippen LogP contribution in [0.25, 0.3) is 0 Å². The van der Waals surface area contributed by atoms with Crippen LogP contribution in [0.2, 0.25) is 0 Å². The molecule has 1 atom stereocenters. The normalized spacial score (nSPS) is 23.7. The van der Waals surface area contributed by atoms with Gasteiger partial charge in [0.1, 0.15) is 5.82 Å². The lowest BCUT2D eigenvalue weighted by Gasteiger charge is -2.11. The third-order valence-corrected chi connectivity index (χ3v) is 3.42. The molecule has 86 valence electrons. The van der Waals surface area contributed by atoms with E-state index in [1.165, 1.54) is 17.0 Å². The van der Waals surface area contributed by atoms with E-state index in [4.69, 9.17) is 14.7 Å². The fraction of sp³-hybridized carbons (Fsp3) is 0.667. The van der Waals surface area contributed by atoms with E-state index in [-0.39, 0.29) is 0 Å². The van der Waals surface area contributed by atoms with Crippen molar-refractivity contribution >= 4 is 0 Å². The summed E-state index contributed by atoms with van der Waals surface area (Å²) < 4.78 is 5.41. The van der Waals surface area contributed by atoms with Crippen molar-refractivity contribution in [3.63, 3.8) is 0 Å². The minimum Gasteiger partial charge on any atom is -0.381 e. The Bertz CT molecular complexity index is 399. The van der Waals surface area contributed by atoms with Crippen LogP contribution in [0.1, 0.15) is 42.0 Å². The van der Waals surface area contributed by atoms with Gasteiger partial charge in [0.2, 0.25) is 0 Å². The molecule has 0 bridgehead atoms. The Hall–Kier alpha value is -1.00. The molecule has 1 fully saturated rings. The largest absolute Gasteiger partial charge is 0.381 e. The van der Waals surface area contributed by atoms with Gasteiger partial charge >= 0.3 is 0 Å². The van der Waals surface area contributed by atoms with Gasteiger partial charge in [-0.25, -0.2) is 9.97 Å². The molecule has 0 aliphatic carbocycles. The van der Waals surface area contributed by atoms with Gasteiger partial charge in [-0.2, -0.15) is 0 Å². The standard InChI is InChI=1S/C12H17N3O/c1-2-10-9-5-13-6-11(9)15-12(14-10)8-3-4-16-7-8/h8,13H,2-7H2,1H3. The molecule has 0 aromatic carbocycles. The molecule has 0 amide bonds. The number of hydrogen-bond donors (Lipinski definition) is 1. The van der Waals surface area contributed by atoms with E-state index in [9.17, 15) is 0 Å². The molecule has 4 nitrogen and oxygen atoms in total. The van der Waals surface area contributed by atoms with Crippen molar-refractivity contribution in [2.45, 2.75) is 38.8 Å². The van der Waals surface area contributed by atoms with Gasteiger partial charge in [0.05, 0.1) is 12.3 Å². The first kappa shape index (κ1) is 10.2. The average molecular weight is 219 g/mol. The zero-order valence-electron chi connectivity index (χ0n) is 9.62. The molecule has 1 N–H and O–H groups in total. The number of nitrogens with zero attached hydrogens (tertiary/aromatic N) is 2. The number of ether oxygens (including phenoxy) is 1. The number of fused-ring (bicyclic) bond motifs is 1. The number of nitrogens with one attached hydrogen (secondary N) is 1. The van der Waals surface area contributed by atoms with Crippen LogP contribution < -0.4 is 5.32 Å². The number of aromatic nitrogens is 2. The molecule has 1 saturated heterocycles. The Balaban J connectivity index is 2.00. The van der Waals surface area contributed by atoms with Crippen LogP contribution in [0.15, 0.2) is 0 Å². The highest BCUT2D eigenvalue weighted by molar-refractivity contribution is 5.30. The van der Waals surface area contributed by atoms with Crippen LogP contribution in [0.3, 0.4) is 0 Å². The van der Waals surface area contributed by atoms with Crippen molar-refractivity contribution in [3.05, 3.63) is 22.8 Å². The molecule has 2 aliphatic heterocycles. The second kappa shape index (κ2) is 4.11. The van der Waals surface area contributed by atoms with Crippen molar-refractivity contribution in [1.29, 1.82) is 0 Å². The lowest BCUT2D eigenvalue weighted by atomic mass is 10.1. The van der Waals surface area contributed by atoms with Gasteiger partial charge in [0, 0.05) is 36.9 Å². The molecule has 1 aromatic rings. The zero-order valence-corrected chi connectivity index (χ0v) is 9.62. The maximum atomic E-state index is 5.41. The van der Waals surface area contributed by atoms with Crippen molar-refractivity contribution < 1.29 is 4.74 Å². The predicted molar refractivity (Wildman–Crippen MR) is 60.1 cm³/mol. The molecular weight excluding hydrogens is 202 g/mol. The summed E-state index contributed by atoms with van der Waals surface area (Å²) in [7, 11) is 0. The molecule has 0 saturated carbocycles. The Morgan fingerprint density at radius 1 is 1.38 bits per heavy atom. The molecule has 3 heterocycles. The summed E-state index contributed by atoms with van der Waals surface area (Å²) in [5, 5.41) is 3.35. The summed E-state index contributed by atoms with van der Waals surface area (Å²) >= 11 is 0. The smallest absolute Gasteiger partial charge is 0.134 e. The second-order valence-electron chi connectivity index (χ2n) is 4.47. The second-order valence-corrected chi connectivity index (χ2v) is 4.47. The summed E-state index contributed by atoms with van der Waals surface area (Å²) in [6.07, 6.45) is 2.06. The molecule has 1 unspecified atom stereocenters. The SMILES string of the molecule is CCc1nc(C2CCOC2)nc2c1CNC2. The third-order valence-electron chi connectivity index (χ3n) is 3.42. The van der Waals surface area contributed by atoms with Crippen molar-refractivity contribution in [1.82, 2.24) is 15.3 Å². The molecule has 2 aliphatic rings. The van der Waals surface area contributed by atoms with E-state index in [1.807, 2.05) is 0 Å². The molecule has 0 spiro atoms. The van der Waals surface area contributed by atoms with Crippen LogP contribution >= 0.6 is 0 Å². The molecular formula is C12H17N3O. The van der Waals surface area contributed by atoms with E-state index >= 15 is 0 Å². The highest BCUT2D eigenvalue weighted by atomic mass is 16.5. The minimum atomic E-state index is 0.413. The fourth-order valence-corrected chi connectivity index (χ4v) is 2.47. The van der Waals surface area contributed by atoms with E-state index < -0.39 is 0 Å². The van der Waals surface area contributed by atoms with Gasteiger partial charge in [0.25, 0.3) is 0 Å².